The second kappa shape index (κ2) is 9.00. The minimum absolute atomic E-state index is 0.0332. The van der Waals surface area contributed by atoms with Gasteiger partial charge < -0.3 is 5.32 Å². The highest BCUT2D eigenvalue weighted by molar-refractivity contribution is 7.99. The normalized spacial score (nSPS) is 24.5. The number of carbonyl (C=O) groups excluding carboxylic acids is 1. The molecule has 172 valence electrons. The molecule has 9 heteroatoms. The van der Waals surface area contributed by atoms with Gasteiger partial charge in [-0.3, -0.25) is 18.7 Å². The molecule has 0 atom stereocenters. The first-order valence-corrected chi connectivity index (χ1v) is 12.9. The van der Waals surface area contributed by atoms with Crippen molar-refractivity contribution in [1.29, 1.82) is 0 Å². The van der Waals surface area contributed by atoms with E-state index in [1.54, 1.807) is 4.57 Å². The molecule has 2 aliphatic carbocycles. The summed E-state index contributed by atoms with van der Waals surface area (Å²) in [4.78, 5) is 43.2. The molecule has 0 spiro atoms. The minimum Gasteiger partial charge on any atom is -0.353 e. The summed E-state index contributed by atoms with van der Waals surface area (Å²) in [6.45, 7) is 0. The molecule has 0 bridgehead atoms. The number of rotatable bonds is 5. The molecule has 1 saturated heterocycles. The van der Waals surface area contributed by atoms with Crippen LogP contribution in [-0.4, -0.2) is 37.6 Å². The molecule has 1 amide bonds. The number of thioether (sulfide) groups is 1. The molecule has 2 aromatic rings. The molecular weight excluding hydrogens is 431 g/mol. The van der Waals surface area contributed by atoms with E-state index in [0.29, 0.717) is 25.2 Å². The molecule has 2 aromatic heterocycles. The molecular formula is C23H29FN4O3S. The highest BCUT2D eigenvalue weighted by Gasteiger charge is 2.30. The van der Waals surface area contributed by atoms with E-state index < -0.39 is 11.4 Å². The lowest BCUT2D eigenvalue weighted by Crippen LogP contribution is -2.46. The summed E-state index contributed by atoms with van der Waals surface area (Å²) >= 11 is 1.86. The van der Waals surface area contributed by atoms with Crippen LogP contribution in [0.2, 0.25) is 0 Å². The molecule has 3 aliphatic rings. The van der Waals surface area contributed by atoms with Crippen molar-refractivity contribution in [2.75, 3.05) is 11.5 Å². The van der Waals surface area contributed by atoms with Gasteiger partial charge in [0.2, 0.25) is 5.91 Å². The van der Waals surface area contributed by atoms with Gasteiger partial charge in [-0.2, -0.15) is 11.8 Å². The molecule has 1 aliphatic heterocycles. The number of halogens is 1. The largest absolute Gasteiger partial charge is 0.353 e. The summed E-state index contributed by atoms with van der Waals surface area (Å²) in [6.07, 6.45) is 8.37. The number of nitrogens with one attached hydrogen (secondary N) is 1. The summed E-state index contributed by atoms with van der Waals surface area (Å²) in [7, 11) is 0. The van der Waals surface area contributed by atoms with Gasteiger partial charge in [-0.25, -0.2) is 14.2 Å². The summed E-state index contributed by atoms with van der Waals surface area (Å²) in [5, 5.41) is 3.29. The topological polar surface area (TPSA) is 86.0 Å². The van der Waals surface area contributed by atoms with E-state index in [-0.39, 0.29) is 40.8 Å². The lowest BCUT2D eigenvalue weighted by atomic mass is 9.90. The Morgan fingerprint density at radius 3 is 2.41 bits per heavy atom. The summed E-state index contributed by atoms with van der Waals surface area (Å²) in [6, 6.07) is 1.02. The fourth-order valence-corrected chi connectivity index (χ4v) is 6.23. The zero-order chi connectivity index (χ0) is 22.2. The highest BCUT2D eigenvalue weighted by atomic mass is 32.2. The summed E-state index contributed by atoms with van der Waals surface area (Å²) < 4.78 is 17.0. The lowest BCUT2D eigenvalue weighted by Gasteiger charge is -2.31. The quantitative estimate of drug-likeness (QED) is 0.741. The number of carbonyl (C=O) groups is 1. The van der Waals surface area contributed by atoms with Gasteiger partial charge in [0.05, 0.1) is 11.6 Å². The Labute approximate surface area is 189 Å². The van der Waals surface area contributed by atoms with E-state index in [2.05, 4.69) is 10.3 Å². The van der Waals surface area contributed by atoms with Crippen LogP contribution in [0.25, 0.3) is 11.0 Å². The van der Waals surface area contributed by atoms with Crippen molar-refractivity contribution < 1.29 is 9.18 Å². The van der Waals surface area contributed by atoms with Gasteiger partial charge in [0.15, 0.2) is 0 Å². The van der Waals surface area contributed by atoms with Crippen LogP contribution in [-0.2, 0) is 4.79 Å². The van der Waals surface area contributed by atoms with E-state index in [4.69, 9.17) is 0 Å². The van der Waals surface area contributed by atoms with E-state index in [1.165, 1.54) is 10.6 Å². The van der Waals surface area contributed by atoms with Crippen molar-refractivity contribution in [3.05, 3.63) is 38.9 Å². The van der Waals surface area contributed by atoms with E-state index in [1.807, 2.05) is 11.8 Å². The van der Waals surface area contributed by atoms with E-state index >= 15 is 0 Å². The zero-order valence-electron chi connectivity index (χ0n) is 18.1. The molecule has 2 saturated carbocycles. The SMILES string of the molecule is O=C(CC1CC1)NC1CCC(n2c(=O)c3cc(F)cnc3n(C3CCSCC3)c2=O)CC1. The van der Waals surface area contributed by atoms with Gasteiger partial charge in [-0.15, -0.1) is 0 Å². The van der Waals surface area contributed by atoms with Crippen molar-refractivity contribution in [2.45, 2.75) is 75.9 Å². The number of aromatic nitrogens is 3. The van der Waals surface area contributed by atoms with Gasteiger partial charge >= 0.3 is 5.69 Å². The molecule has 5 rings (SSSR count). The number of pyridine rings is 1. The Morgan fingerprint density at radius 1 is 1.03 bits per heavy atom. The summed E-state index contributed by atoms with van der Waals surface area (Å²) in [5.41, 5.74) is -0.505. The standard InChI is InChI=1S/C23H29FN4O3S/c24-15-12-19-21(25-13-15)27(18-7-9-32-10-8-18)23(31)28(22(19)30)17-5-3-16(4-6-17)26-20(29)11-14-1-2-14/h12-14,16-18H,1-11H2,(H,26,29). The van der Waals surface area contributed by atoms with Crippen LogP contribution < -0.4 is 16.6 Å². The van der Waals surface area contributed by atoms with Gasteiger partial charge in [-0.1, -0.05) is 0 Å². The third kappa shape index (κ3) is 4.36. The van der Waals surface area contributed by atoms with Crippen LogP contribution in [0, 0.1) is 11.7 Å². The lowest BCUT2D eigenvalue weighted by molar-refractivity contribution is -0.122. The molecule has 0 aromatic carbocycles. The molecule has 7 nitrogen and oxygen atoms in total. The fraction of sp³-hybridized carbons (Fsp3) is 0.652. The predicted molar refractivity (Wildman–Crippen MR) is 123 cm³/mol. The Bertz CT molecular complexity index is 1130. The van der Waals surface area contributed by atoms with Gasteiger partial charge in [0.1, 0.15) is 11.5 Å². The van der Waals surface area contributed by atoms with E-state index in [9.17, 15) is 18.8 Å². The molecule has 32 heavy (non-hydrogen) atoms. The Morgan fingerprint density at radius 2 is 1.72 bits per heavy atom. The first kappa shape index (κ1) is 21.7. The monoisotopic (exact) mass is 460 g/mol. The maximum atomic E-state index is 14.0. The molecule has 1 N–H and O–H groups in total. The zero-order valence-corrected chi connectivity index (χ0v) is 18.9. The third-order valence-corrected chi connectivity index (χ3v) is 8.13. The smallest absolute Gasteiger partial charge is 0.333 e. The average Bonchev–Trinajstić information content (AvgIpc) is 3.60. The maximum Gasteiger partial charge on any atom is 0.333 e. The van der Waals surface area contributed by atoms with Crippen LogP contribution in [0.4, 0.5) is 4.39 Å². The fourth-order valence-electron chi connectivity index (χ4n) is 5.15. The number of nitrogens with zero attached hydrogens (tertiary/aromatic N) is 3. The summed E-state index contributed by atoms with van der Waals surface area (Å²) in [5.74, 6) is 1.98. The Hall–Kier alpha value is -2.16. The minimum atomic E-state index is -0.576. The number of hydrogen-bond donors (Lipinski definition) is 1. The van der Waals surface area contributed by atoms with Crippen LogP contribution in [0.5, 0.6) is 0 Å². The van der Waals surface area contributed by atoms with Gasteiger partial charge in [-0.05, 0) is 74.9 Å². The Kier molecular flexibility index (Phi) is 6.09. The van der Waals surface area contributed by atoms with Gasteiger partial charge in [0, 0.05) is 24.5 Å². The first-order chi connectivity index (χ1) is 15.5. The number of fused-ring (bicyclic) bond motifs is 1. The van der Waals surface area contributed by atoms with Crippen molar-refractivity contribution in [2.24, 2.45) is 5.92 Å². The van der Waals surface area contributed by atoms with Crippen molar-refractivity contribution in [1.82, 2.24) is 19.4 Å². The van der Waals surface area contributed by atoms with Crippen LogP contribution in [0.15, 0.2) is 21.9 Å². The highest BCUT2D eigenvalue weighted by Crippen LogP contribution is 2.33. The van der Waals surface area contributed by atoms with Crippen LogP contribution >= 0.6 is 11.8 Å². The van der Waals surface area contributed by atoms with E-state index in [0.717, 1.165) is 56.2 Å². The van der Waals surface area contributed by atoms with Crippen LogP contribution in [0.3, 0.4) is 0 Å². The molecule has 3 fully saturated rings. The Balaban J connectivity index is 1.44. The number of hydrogen-bond acceptors (Lipinski definition) is 5. The van der Waals surface area contributed by atoms with Gasteiger partial charge in [0.25, 0.3) is 5.56 Å². The molecule has 0 radical (unpaired) electrons. The average molecular weight is 461 g/mol. The molecule has 3 heterocycles. The second-order valence-corrected chi connectivity index (χ2v) is 10.6. The third-order valence-electron chi connectivity index (χ3n) is 7.08. The van der Waals surface area contributed by atoms with Crippen molar-refractivity contribution in [3.63, 3.8) is 0 Å². The van der Waals surface area contributed by atoms with Crippen LogP contribution in [0.1, 0.15) is 69.9 Å². The van der Waals surface area contributed by atoms with Crippen molar-refractivity contribution in [3.8, 4) is 0 Å². The first-order valence-electron chi connectivity index (χ1n) is 11.7. The van der Waals surface area contributed by atoms with Crippen molar-refractivity contribution >= 4 is 28.7 Å². The maximum absolute atomic E-state index is 14.0. The second-order valence-electron chi connectivity index (χ2n) is 9.42. The molecule has 0 unspecified atom stereocenters. The number of amides is 1. The predicted octanol–water partition coefficient (Wildman–Crippen LogP) is 3.17.